The molecule has 0 aromatic rings. The van der Waals surface area contributed by atoms with E-state index in [-0.39, 0.29) is 17.9 Å². The van der Waals surface area contributed by atoms with Crippen molar-refractivity contribution < 1.29 is 4.79 Å². The van der Waals surface area contributed by atoms with Gasteiger partial charge in [-0.15, -0.1) is 0 Å². The molecule has 0 aromatic heterocycles. The molecule has 17 heavy (non-hydrogen) atoms. The summed E-state index contributed by atoms with van der Waals surface area (Å²) >= 11 is 0. The molecule has 1 amide bonds. The van der Waals surface area contributed by atoms with E-state index >= 15 is 0 Å². The maximum Gasteiger partial charge on any atom is 0.237 e. The summed E-state index contributed by atoms with van der Waals surface area (Å²) in [6.07, 6.45) is 6.97. The molecule has 3 nitrogen and oxygen atoms in total. The summed E-state index contributed by atoms with van der Waals surface area (Å²) in [5.74, 6) is 1.17. The van der Waals surface area contributed by atoms with Crippen LogP contribution in [0.3, 0.4) is 0 Å². The average Bonchev–Trinajstić information content (AvgIpc) is 2.37. The van der Waals surface area contributed by atoms with E-state index in [1.807, 2.05) is 6.92 Å². The quantitative estimate of drug-likeness (QED) is 0.775. The molecule has 0 heterocycles. The zero-order valence-electron chi connectivity index (χ0n) is 11.5. The van der Waals surface area contributed by atoms with E-state index < -0.39 is 0 Å². The Balaban J connectivity index is 2.32. The highest BCUT2D eigenvalue weighted by atomic mass is 16.2. The van der Waals surface area contributed by atoms with Crippen molar-refractivity contribution in [2.45, 2.75) is 71.4 Å². The van der Waals surface area contributed by atoms with Crippen LogP contribution in [0.2, 0.25) is 0 Å². The van der Waals surface area contributed by atoms with Crippen molar-refractivity contribution in [1.29, 1.82) is 0 Å². The van der Waals surface area contributed by atoms with E-state index in [0.29, 0.717) is 6.04 Å². The smallest absolute Gasteiger partial charge is 0.237 e. The summed E-state index contributed by atoms with van der Waals surface area (Å²) in [4.78, 5) is 11.9. The fraction of sp³-hybridized carbons (Fsp3) is 0.929. The predicted molar refractivity (Wildman–Crippen MR) is 71.6 cm³/mol. The van der Waals surface area contributed by atoms with Gasteiger partial charge < -0.3 is 11.1 Å². The molecule has 1 aliphatic carbocycles. The molecule has 3 N–H and O–H groups in total. The van der Waals surface area contributed by atoms with Crippen LogP contribution < -0.4 is 11.1 Å². The number of carbonyl (C=O) groups excluding carboxylic acids is 1. The van der Waals surface area contributed by atoms with Crippen LogP contribution in [0.5, 0.6) is 0 Å². The Bertz CT molecular complexity index is 234. The summed E-state index contributed by atoms with van der Waals surface area (Å²) < 4.78 is 0. The number of hydrogen-bond donors (Lipinski definition) is 2. The van der Waals surface area contributed by atoms with Crippen LogP contribution in [0.25, 0.3) is 0 Å². The molecule has 0 aromatic carbocycles. The van der Waals surface area contributed by atoms with E-state index in [9.17, 15) is 4.79 Å². The Morgan fingerprint density at radius 2 is 1.88 bits per heavy atom. The Kier molecular flexibility index (Phi) is 5.96. The number of carbonyl (C=O) groups is 1. The molecule has 1 rings (SSSR count). The van der Waals surface area contributed by atoms with E-state index in [1.54, 1.807) is 0 Å². The first-order valence-corrected chi connectivity index (χ1v) is 7.14. The fourth-order valence-electron chi connectivity index (χ4n) is 2.52. The lowest BCUT2D eigenvalue weighted by molar-refractivity contribution is -0.124. The Morgan fingerprint density at radius 1 is 1.29 bits per heavy atom. The maximum atomic E-state index is 11.9. The first-order valence-electron chi connectivity index (χ1n) is 7.14. The molecule has 0 unspecified atom stereocenters. The van der Waals surface area contributed by atoms with E-state index in [1.165, 1.54) is 19.3 Å². The van der Waals surface area contributed by atoms with Crippen LogP contribution in [-0.4, -0.2) is 18.0 Å². The molecule has 0 radical (unpaired) electrons. The zero-order chi connectivity index (χ0) is 12.8. The van der Waals surface area contributed by atoms with Crippen LogP contribution in [-0.2, 0) is 4.79 Å². The highest BCUT2D eigenvalue weighted by Crippen LogP contribution is 2.26. The molecule has 1 aliphatic rings. The molecule has 100 valence electrons. The van der Waals surface area contributed by atoms with Crippen LogP contribution >= 0.6 is 0 Å². The monoisotopic (exact) mass is 240 g/mol. The van der Waals surface area contributed by atoms with E-state index in [2.05, 4.69) is 19.2 Å². The lowest BCUT2D eigenvalue weighted by Gasteiger charge is -2.30. The van der Waals surface area contributed by atoms with Crippen LogP contribution in [0.4, 0.5) is 0 Å². The largest absolute Gasteiger partial charge is 0.352 e. The molecule has 3 heteroatoms. The summed E-state index contributed by atoms with van der Waals surface area (Å²) in [5, 5.41) is 3.11. The third-order valence-electron chi connectivity index (χ3n) is 4.33. The maximum absolute atomic E-state index is 11.9. The lowest BCUT2D eigenvalue weighted by atomic mass is 9.84. The number of nitrogens with two attached hydrogens (primary N) is 1. The Morgan fingerprint density at radius 3 is 2.35 bits per heavy atom. The second-order valence-corrected chi connectivity index (χ2v) is 5.55. The predicted octanol–water partition coefficient (Wildman–Crippen LogP) is 2.44. The average molecular weight is 240 g/mol. The Labute approximate surface area is 106 Å². The third kappa shape index (κ3) is 4.30. The van der Waals surface area contributed by atoms with Gasteiger partial charge >= 0.3 is 0 Å². The van der Waals surface area contributed by atoms with Gasteiger partial charge in [0.1, 0.15) is 0 Å². The molecule has 0 bridgehead atoms. The summed E-state index contributed by atoms with van der Waals surface area (Å²) in [6, 6.07) is 0.0179. The van der Waals surface area contributed by atoms with Crippen molar-refractivity contribution in [3.8, 4) is 0 Å². The van der Waals surface area contributed by atoms with Crippen LogP contribution in [0, 0.1) is 11.8 Å². The normalized spacial score (nSPS) is 28.5. The topological polar surface area (TPSA) is 55.1 Å². The van der Waals surface area contributed by atoms with Gasteiger partial charge in [-0.1, -0.05) is 33.6 Å². The second-order valence-electron chi connectivity index (χ2n) is 5.55. The molecular formula is C14H28N2O. The van der Waals surface area contributed by atoms with Gasteiger partial charge in [-0.05, 0) is 37.5 Å². The van der Waals surface area contributed by atoms with Gasteiger partial charge in [0, 0.05) is 6.04 Å². The standard InChI is InChI=1S/C14H28N2O/c1-4-10(3)13(15)14(17)16-12-8-6-11(5-2)7-9-12/h10-13H,4-9,15H2,1-3H3,(H,16,17)/t10-,11?,12?,13-/m0/s1. The van der Waals surface area contributed by atoms with Gasteiger partial charge in [0.25, 0.3) is 0 Å². The Hall–Kier alpha value is -0.570. The molecule has 1 saturated carbocycles. The van der Waals surface area contributed by atoms with Gasteiger partial charge in [-0.25, -0.2) is 0 Å². The van der Waals surface area contributed by atoms with Crippen molar-refractivity contribution in [1.82, 2.24) is 5.32 Å². The molecule has 0 spiro atoms. The van der Waals surface area contributed by atoms with Crippen molar-refractivity contribution in [2.75, 3.05) is 0 Å². The second kappa shape index (κ2) is 7.00. The SMILES string of the molecule is CCC1CCC(NC(=O)[C@@H](N)[C@@H](C)CC)CC1. The number of hydrogen-bond acceptors (Lipinski definition) is 2. The van der Waals surface area contributed by atoms with Gasteiger partial charge in [-0.3, -0.25) is 4.79 Å². The van der Waals surface area contributed by atoms with Gasteiger partial charge in [0.15, 0.2) is 0 Å². The van der Waals surface area contributed by atoms with Crippen molar-refractivity contribution in [2.24, 2.45) is 17.6 Å². The molecular weight excluding hydrogens is 212 g/mol. The highest BCUT2D eigenvalue weighted by Gasteiger charge is 2.25. The molecule has 2 atom stereocenters. The lowest BCUT2D eigenvalue weighted by Crippen LogP contribution is -2.49. The molecule has 0 aliphatic heterocycles. The number of amides is 1. The molecule has 0 saturated heterocycles. The van der Waals surface area contributed by atoms with E-state index in [0.717, 1.165) is 25.2 Å². The zero-order valence-corrected chi connectivity index (χ0v) is 11.5. The highest BCUT2D eigenvalue weighted by molar-refractivity contribution is 5.82. The van der Waals surface area contributed by atoms with Crippen LogP contribution in [0.15, 0.2) is 0 Å². The minimum absolute atomic E-state index is 0.0410. The first-order chi connectivity index (χ1) is 8.08. The third-order valence-corrected chi connectivity index (χ3v) is 4.33. The number of nitrogens with one attached hydrogen (secondary N) is 1. The van der Waals surface area contributed by atoms with Crippen LogP contribution in [0.1, 0.15) is 59.3 Å². The summed E-state index contributed by atoms with van der Waals surface area (Å²) in [5.41, 5.74) is 5.93. The number of rotatable bonds is 5. The van der Waals surface area contributed by atoms with Gasteiger partial charge in [-0.2, -0.15) is 0 Å². The summed E-state index contributed by atoms with van der Waals surface area (Å²) in [7, 11) is 0. The van der Waals surface area contributed by atoms with E-state index in [4.69, 9.17) is 5.73 Å². The van der Waals surface area contributed by atoms with Gasteiger partial charge in [0.2, 0.25) is 5.91 Å². The minimum Gasteiger partial charge on any atom is -0.352 e. The van der Waals surface area contributed by atoms with Crippen molar-refractivity contribution in [3.63, 3.8) is 0 Å². The summed E-state index contributed by atoms with van der Waals surface area (Å²) in [6.45, 7) is 6.37. The van der Waals surface area contributed by atoms with Gasteiger partial charge in [0.05, 0.1) is 6.04 Å². The minimum atomic E-state index is -0.344. The fourth-order valence-corrected chi connectivity index (χ4v) is 2.52. The first kappa shape index (κ1) is 14.5. The van der Waals surface area contributed by atoms with Crippen molar-refractivity contribution >= 4 is 5.91 Å². The van der Waals surface area contributed by atoms with Crippen molar-refractivity contribution in [3.05, 3.63) is 0 Å². The molecule has 1 fully saturated rings.